The molecule has 4 nitrogen and oxygen atoms in total. The quantitative estimate of drug-likeness (QED) is 0.0469. The minimum Gasteiger partial charge on any atom is -0.255 e. The molecule has 4 unspecified atom stereocenters. The van der Waals surface area contributed by atoms with Crippen LogP contribution in [0.1, 0.15) is 206 Å². The first kappa shape index (κ1) is 61.6. The van der Waals surface area contributed by atoms with Gasteiger partial charge in [-0.15, -0.1) is 22.7 Å². The maximum absolute atomic E-state index is 5.24. The minimum absolute atomic E-state index is 0.130. The Hall–Kier alpha value is -6.60. The van der Waals surface area contributed by atoms with Crippen molar-refractivity contribution in [2.24, 2.45) is 23.7 Å². The molecule has 0 amide bonds. The van der Waals surface area contributed by atoms with Crippen LogP contribution in [0, 0.1) is 23.7 Å². The largest absolute Gasteiger partial charge is 0.255 e. The van der Waals surface area contributed by atoms with Crippen molar-refractivity contribution >= 4 is 43.1 Å². The first-order valence-corrected chi connectivity index (χ1v) is 36.0. The number of rotatable bonds is 29. The Morgan fingerprint density at radius 3 is 0.966 bits per heavy atom. The Labute approximate surface area is 535 Å². The van der Waals surface area contributed by atoms with Crippen LogP contribution >= 0.6 is 22.7 Å². The molecular formula is C82H94N4S2. The average molecular weight is 1200 g/mol. The SMILES string of the molecule is CCCCC(CC)CC1(CC(CC)CCCC)c2cc(-c3ccnc(-c4cc(-c5ccc6c(c5)C(CC(CC)CCCC)(CC(CC)CCCC)c5cc(-c7nc8ccccc8s7)ccc5-6)ccn4)c3)ccc2-c2ccc(-c3nc4ccccc4s3)cc21. The van der Waals surface area contributed by atoms with Gasteiger partial charge in [0.2, 0.25) is 0 Å². The second-order valence-corrected chi connectivity index (χ2v) is 28.6. The number of fused-ring (bicyclic) bond motifs is 8. The molecule has 0 spiro atoms. The summed E-state index contributed by atoms with van der Waals surface area (Å²) in [6, 6.07) is 56.0. The normalized spacial score (nSPS) is 17.2. The van der Waals surface area contributed by atoms with Gasteiger partial charge >= 0.3 is 0 Å². The highest BCUT2D eigenvalue weighted by atomic mass is 32.1. The summed E-state index contributed by atoms with van der Waals surface area (Å²) in [7, 11) is 0. The Balaban J connectivity index is 0.942. The van der Waals surface area contributed by atoms with Gasteiger partial charge in [0.1, 0.15) is 10.0 Å². The van der Waals surface area contributed by atoms with Crippen molar-refractivity contribution in [3.63, 3.8) is 0 Å². The molecule has 12 rings (SSSR count). The maximum atomic E-state index is 5.24. The lowest BCUT2D eigenvalue weighted by atomic mass is 9.65. The van der Waals surface area contributed by atoms with Crippen molar-refractivity contribution < 1.29 is 0 Å². The van der Waals surface area contributed by atoms with Crippen LogP contribution < -0.4 is 0 Å². The fraction of sp³-hybridized carbons (Fsp3) is 0.415. The van der Waals surface area contributed by atoms with Crippen LogP contribution in [0.15, 0.2) is 158 Å². The summed E-state index contributed by atoms with van der Waals surface area (Å²) in [6.07, 6.45) is 28.5. The van der Waals surface area contributed by atoms with Gasteiger partial charge in [-0.1, -0.05) is 231 Å². The first-order chi connectivity index (χ1) is 43.2. The molecule has 0 fully saturated rings. The van der Waals surface area contributed by atoms with E-state index in [4.69, 9.17) is 19.9 Å². The van der Waals surface area contributed by atoms with E-state index in [9.17, 15) is 0 Å². The number of para-hydroxylation sites is 2. The number of pyridine rings is 2. The summed E-state index contributed by atoms with van der Waals surface area (Å²) in [6.45, 7) is 19.2. The fourth-order valence-corrected chi connectivity index (χ4v) is 17.8. The summed E-state index contributed by atoms with van der Waals surface area (Å²) in [5.74, 6) is 2.51. The fourth-order valence-electron chi connectivity index (χ4n) is 15.9. The van der Waals surface area contributed by atoms with Crippen LogP contribution in [0.2, 0.25) is 0 Å². The Bertz CT molecular complexity index is 3650. The molecule has 0 N–H and O–H groups in total. The van der Waals surface area contributed by atoms with Crippen molar-refractivity contribution in [1.82, 2.24) is 19.9 Å². The molecule has 6 heteroatoms. The number of hydrogen-bond acceptors (Lipinski definition) is 6. The monoisotopic (exact) mass is 1200 g/mol. The highest BCUT2D eigenvalue weighted by Gasteiger charge is 2.47. The van der Waals surface area contributed by atoms with Gasteiger partial charge in [0.05, 0.1) is 31.8 Å². The zero-order chi connectivity index (χ0) is 60.8. The number of nitrogens with zero attached hydrogens (tertiary/aromatic N) is 4. The number of hydrogen-bond donors (Lipinski definition) is 0. The summed E-state index contributed by atoms with van der Waals surface area (Å²) < 4.78 is 2.49. The van der Waals surface area contributed by atoms with Gasteiger partial charge in [0.15, 0.2) is 0 Å². The highest BCUT2D eigenvalue weighted by molar-refractivity contribution is 7.22. The third kappa shape index (κ3) is 12.3. The van der Waals surface area contributed by atoms with Crippen molar-refractivity contribution in [2.45, 2.75) is 195 Å². The van der Waals surface area contributed by atoms with Gasteiger partial charge in [-0.2, -0.15) is 0 Å². The van der Waals surface area contributed by atoms with Crippen molar-refractivity contribution in [3.8, 4) is 77.0 Å². The molecule has 0 radical (unpaired) electrons. The molecule has 4 heterocycles. The van der Waals surface area contributed by atoms with Crippen molar-refractivity contribution in [1.29, 1.82) is 0 Å². The Morgan fingerprint density at radius 2 is 0.648 bits per heavy atom. The summed E-state index contributed by atoms with van der Waals surface area (Å²) in [4.78, 5) is 20.7. The van der Waals surface area contributed by atoms with Crippen LogP contribution in [0.3, 0.4) is 0 Å². The van der Waals surface area contributed by atoms with Gasteiger partial charge in [-0.25, -0.2) is 9.97 Å². The van der Waals surface area contributed by atoms with Gasteiger partial charge in [-0.05, 0) is 189 Å². The highest BCUT2D eigenvalue weighted by Crippen LogP contribution is 2.60. The maximum Gasteiger partial charge on any atom is 0.124 e. The Morgan fingerprint density at radius 1 is 0.341 bits per heavy atom. The van der Waals surface area contributed by atoms with Gasteiger partial charge in [0.25, 0.3) is 0 Å². The van der Waals surface area contributed by atoms with Crippen LogP contribution in [0.4, 0.5) is 0 Å². The van der Waals surface area contributed by atoms with Crippen LogP contribution in [0.25, 0.3) is 97.5 Å². The molecular weight excluding hydrogens is 1110 g/mol. The molecule has 88 heavy (non-hydrogen) atoms. The molecule has 6 aromatic carbocycles. The van der Waals surface area contributed by atoms with E-state index in [0.717, 1.165) is 58.1 Å². The smallest absolute Gasteiger partial charge is 0.124 e. The van der Waals surface area contributed by atoms with Crippen LogP contribution in [-0.4, -0.2) is 19.9 Å². The molecule has 0 saturated carbocycles. The summed E-state index contributed by atoms with van der Waals surface area (Å²) >= 11 is 3.65. The van der Waals surface area contributed by atoms with E-state index >= 15 is 0 Å². The molecule has 4 aromatic heterocycles. The van der Waals surface area contributed by atoms with E-state index in [1.165, 1.54) is 190 Å². The third-order valence-corrected chi connectivity index (χ3v) is 23.1. The lowest BCUT2D eigenvalue weighted by Gasteiger charge is -2.39. The molecule has 0 bridgehead atoms. The summed E-state index contributed by atoms with van der Waals surface area (Å²) in [5, 5.41) is 2.23. The van der Waals surface area contributed by atoms with Gasteiger partial charge in [0, 0.05) is 34.4 Å². The van der Waals surface area contributed by atoms with Gasteiger partial charge in [-0.3, -0.25) is 9.97 Å². The predicted octanol–water partition coefficient (Wildman–Crippen LogP) is 25.0. The topological polar surface area (TPSA) is 51.6 Å². The molecule has 0 aliphatic heterocycles. The number of aromatic nitrogens is 4. The Kier molecular flexibility index (Phi) is 19.4. The van der Waals surface area contributed by atoms with Crippen molar-refractivity contribution in [3.05, 3.63) is 180 Å². The first-order valence-electron chi connectivity index (χ1n) is 34.4. The minimum atomic E-state index is -0.130. The molecule has 0 saturated heterocycles. The zero-order valence-corrected chi connectivity index (χ0v) is 55.7. The van der Waals surface area contributed by atoms with Crippen LogP contribution in [-0.2, 0) is 10.8 Å². The molecule has 10 aromatic rings. The van der Waals surface area contributed by atoms with E-state index in [0.29, 0.717) is 23.7 Å². The third-order valence-electron chi connectivity index (χ3n) is 21.0. The van der Waals surface area contributed by atoms with E-state index in [1.807, 2.05) is 35.1 Å². The number of thiazole rings is 2. The van der Waals surface area contributed by atoms with E-state index in [-0.39, 0.29) is 10.8 Å². The second kappa shape index (κ2) is 27.6. The molecule has 2 aliphatic carbocycles. The number of unbranched alkanes of at least 4 members (excludes halogenated alkanes) is 4. The lowest BCUT2D eigenvalue weighted by molar-refractivity contribution is 0.266. The van der Waals surface area contributed by atoms with Crippen molar-refractivity contribution in [2.75, 3.05) is 0 Å². The standard InChI is InChI=1S/C82H94N4S2/c1-9-17-25-55(13-5)51-81(52-56(14-6)26-18-10-2)69-45-59(33-37-65(69)67-39-35-63(47-71(67)81)79-85-73-29-21-23-31-77(73)87-79)61-41-43-83-75(49-61)76-50-62(42-44-84-76)60-34-38-66-68-40-36-64(80-86-74-30-22-24-32-78(74)88-80)48-72(68)82(70(66)46-60,53-57(15-7)27-19-11-3)54-58(16-8)28-20-12-4/h21-24,29-50,55-58H,9-20,25-28,51-54H2,1-8H3. The molecule has 2 aliphatic rings. The molecule has 4 atom stereocenters. The van der Waals surface area contributed by atoms with E-state index in [2.05, 4.69) is 201 Å². The molecule has 454 valence electrons. The van der Waals surface area contributed by atoms with E-state index in [1.54, 1.807) is 0 Å². The van der Waals surface area contributed by atoms with E-state index < -0.39 is 0 Å². The summed E-state index contributed by atoms with van der Waals surface area (Å²) in [5.41, 5.74) is 22.7. The van der Waals surface area contributed by atoms with Crippen LogP contribution in [0.5, 0.6) is 0 Å². The number of benzene rings is 6. The second-order valence-electron chi connectivity index (χ2n) is 26.5. The van der Waals surface area contributed by atoms with Gasteiger partial charge < -0.3 is 0 Å². The lowest BCUT2D eigenvalue weighted by Crippen LogP contribution is -2.31. The zero-order valence-electron chi connectivity index (χ0n) is 54.1. The average Bonchev–Trinajstić information content (AvgIpc) is 1.72. The predicted molar refractivity (Wildman–Crippen MR) is 380 cm³/mol.